The first-order valence-electron chi connectivity index (χ1n) is 9.82. The smallest absolute Gasteiger partial charge is 0.190 e. The van der Waals surface area contributed by atoms with Crippen molar-refractivity contribution in [2.75, 3.05) is 38.1 Å². The average Bonchev–Trinajstić information content (AvgIpc) is 2.79. The summed E-state index contributed by atoms with van der Waals surface area (Å²) < 4.78 is 13.5. The number of halogens is 1. The van der Waals surface area contributed by atoms with Gasteiger partial charge in [0.05, 0.1) is 5.69 Å². The van der Waals surface area contributed by atoms with E-state index in [0.29, 0.717) is 27.8 Å². The van der Waals surface area contributed by atoms with Crippen LogP contribution in [0.5, 0.6) is 0 Å². The third-order valence-corrected chi connectivity index (χ3v) is 6.03. The van der Waals surface area contributed by atoms with Crippen LogP contribution in [0.3, 0.4) is 0 Å². The van der Waals surface area contributed by atoms with Gasteiger partial charge < -0.3 is 9.80 Å². The molecule has 0 atom stereocenters. The second-order valence-electron chi connectivity index (χ2n) is 7.24. The molecular weight excluding hydrogens is 397 g/mol. The summed E-state index contributed by atoms with van der Waals surface area (Å²) >= 11 is 1.54. The third kappa shape index (κ3) is 4.61. The average molecular weight is 420 g/mol. The summed E-state index contributed by atoms with van der Waals surface area (Å²) in [5.74, 6) is 1.08. The number of nitrogens with zero attached hydrogens (tertiary/aromatic N) is 5. The van der Waals surface area contributed by atoms with Crippen LogP contribution in [-0.4, -0.2) is 48.1 Å². The Bertz CT molecular complexity index is 1040. The van der Waals surface area contributed by atoms with E-state index in [1.165, 1.54) is 17.7 Å². The maximum absolute atomic E-state index is 13.5. The lowest BCUT2D eigenvalue weighted by Gasteiger charge is -2.34. The quantitative estimate of drug-likeness (QED) is 0.456. The molecule has 0 unspecified atom stereocenters. The van der Waals surface area contributed by atoms with Crippen LogP contribution in [0.15, 0.2) is 59.8 Å². The molecule has 2 heterocycles. The van der Waals surface area contributed by atoms with Crippen molar-refractivity contribution >= 4 is 17.6 Å². The minimum atomic E-state index is -0.315. The van der Waals surface area contributed by atoms with Gasteiger partial charge in [-0.15, -0.1) is 0 Å². The van der Waals surface area contributed by atoms with Gasteiger partial charge in [-0.1, -0.05) is 42.1 Å². The van der Waals surface area contributed by atoms with Crippen LogP contribution in [0.4, 0.5) is 10.2 Å². The number of rotatable bonds is 5. The summed E-state index contributed by atoms with van der Waals surface area (Å²) in [5, 5.41) is 10.6. The molecular formula is C23H22FN5S. The number of thioether (sulfide) groups is 1. The van der Waals surface area contributed by atoms with Gasteiger partial charge in [-0.05, 0) is 36.9 Å². The molecule has 0 N–H and O–H groups in total. The zero-order valence-corrected chi connectivity index (χ0v) is 17.6. The van der Waals surface area contributed by atoms with Gasteiger partial charge in [-0.2, -0.15) is 5.26 Å². The molecule has 4 rings (SSSR count). The van der Waals surface area contributed by atoms with Crippen molar-refractivity contribution in [3.63, 3.8) is 0 Å². The van der Waals surface area contributed by atoms with Gasteiger partial charge in [-0.3, -0.25) is 0 Å². The van der Waals surface area contributed by atoms with E-state index in [0.717, 1.165) is 31.9 Å². The van der Waals surface area contributed by atoms with Crippen molar-refractivity contribution in [3.05, 3.63) is 71.5 Å². The molecule has 3 aromatic rings. The van der Waals surface area contributed by atoms with Gasteiger partial charge in [0.1, 0.15) is 17.4 Å². The van der Waals surface area contributed by atoms with E-state index in [9.17, 15) is 9.65 Å². The van der Waals surface area contributed by atoms with Crippen LogP contribution in [0.25, 0.3) is 11.3 Å². The van der Waals surface area contributed by atoms with Crippen LogP contribution in [0.1, 0.15) is 11.1 Å². The highest BCUT2D eigenvalue weighted by Gasteiger charge is 2.23. The molecule has 0 saturated carbocycles. The Labute approximate surface area is 180 Å². The van der Waals surface area contributed by atoms with Crippen LogP contribution in [0, 0.1) is 17.1 Å². The summed E-state index contributed by atoms with van der Waals surface area (Å²) in [6, 6.07) is 18.6. The molecule has 1 aromatic heterocycles. The van der Waals surface area contributed by atoms with E-state index in [-0.39, 0.29) is 5.82 Å². The predicted molar refractivity (Wildman–Crippen MR) is 118 cm³/mol. The lowest BCUT2D eigenvalue weighted by Crippen LogP contribution is -2.45. The Morgan fingerprint density at radius 1 is 1.00 bits per heavy atom. The number of benzene rings is 2. The van der Waals surface area contributed by atoms with Crippen molar-refractivity contribution in [1.29, 1.82) is 5.26 Å². The van der Waals surface area contributed by atoms with E-state index < -0.39 is 0 Å². The second-order valence-corrected chi connectivity index (χ2v) is 8.18. The SMILES string of the molecule is CN1CCN(c2nc(SCc3ccccc3)nc(-c3ccc(F)cc3)c2C#N)CC1. The van der Waals surface area contributed by atoms with Crippen molar-refractivity contribution < 1.29 is 4.39 Å². The van der Waals surface area contributed by atoms with E-state index in [1.54, 1.807) is 23.9 Å². The van der Waals surface area contributed by atoms with Gasteiger partial charge in [0.2, 0.25) is 0 Å². The molecule has 0 spiro atoms. The van der Waals surface area contributed by atoms with Gasteiger partial charge in [-0.25, -0.2) is 14.4 Å². The number of hydrogen-bond donors (Lipinski definition) is 0. The largest absolute Gasteiger partial charge is 0.353 e. The standard InChI is InChI=1S/C23H22FN5S/c1-28-11-13-29(14-12-28)22-20(15-25)21(18-7-9-19(24)10-8-18)26-23(27-22)30-16-17-5-3-2-4-6-17/h2-10H,11-14,16H2,1H3. The first-order valence-corrected chi connectivity index (χ1v) is 10.8. The van der Waals surface area contributed by atoms with Gasteiger partial charge >= 0.3 is 0 Å². The van der Waals surface area contributed by atoms with Crippen molar-refractivity contribution in [3.8, 4) is 17.3 Å². The fourth-order valence-corrected chi connectivity index (χ4v) is 4.18. The Kier molecular flexibility index (Phi) is 6.26. The van der Waals surface area contributed by atoms with Gasteiger partial charge in [0.15, 0.2) is 11.0 Å². The minimum absolute atomic E-state index is 0.315. The lowest BCUT2D eigenvalue weighted by molar-refractivity contribution is 0.311. The summed E-state index contributed by atoms with van der Waals surface area (Å²) in [6.45, 7) is 3.42. The van der Waals surface area contributed by atoms with E-state index in [4.69, 9.17) is 9.97 Å². The number of nitriles is 1. The topological polar surface area (TPSA) is 56.1 Å². The highest BCUT2D eigenvalue weighted by atomic mass is 32.2. The molecule has 152 valence electrons. The zero-order valence-electron chi connectivity index (χ0n) is 16.8. The summed E-state index contributed by atoms with van der Waals surface area (Å²) in [7, 11) is 2.09. The first-order chi connectivity index (χ1) is 14.6. The van der Waals surface area contributed by atoms with E-state index in [1.807, 2.05) is 18.2 Å². The fraction of sp³-hybridized carbons (Fsp3) is 0.261. The first kappa shape index (κ1) is 20.3. The number of piperazine rings is 1. The zero-order chi connectivity index (χ0) is 20.9. The monoisotopic (exact) mass is 419 g/mol. The molecule has 1 aliphatic heterocycles. The van der Waals surface area contributed by atoms with Crippen LogP contribution < -0.4 is 4.90 Å². The number of aromatic nitrogens is 2. The van der Waals surface area contributed by atoms with Crippen LogP contribution >= 0.6 is 11.8 Å². The maximum Gasteiger partial charge on any atom is 0.190 e. The highest BCUT2D eigenvalue weighted by molar-refractivity contribution is 7.98. The third-order valence-electron chi connectivity index (χ3n) is 5.11. The van der Waals surface area contributed by atoms with Crippen LogP contribution in [0.2, 0.25) is 0 Å². The van der Waals surface area contributed by atoms with Crippen molar-refractivity contribution in [1.82, 2.24) is 14.9 Å². The molecule has 7 heteroatoms. The Balaban J connectivity index is 1.74. The van der Waals surface area contributed by atoms with Crippen LogP contribution in [-0.2, 0) is 5.75 Å². The molecule has 0 bridgehead atoms. The Morgan fingerprint density at radius 2 is 1.70 bits per heavy atom. The molecule has 2 aromatic carbocycles. The summed E-state index contributed by atoms with van der Waals surface area (Å²) in [4.78, 5) is 13.9. The second kappa shape index (κ2) is 9.24. The summed E-state index contributed by atoms with van der Waals surface area (Å²) in [6.07, 6.45) is 0. The maximum atomic E-state index is 13.5. The molecule has 0 amide bonds. The summed E-state index contributed by atoms with van der Waals surface area (Å²) in [5.41, 5.74) is 2.89. The fourth-order valence-electron chi connectivity index (χ4n) is 3.38. The highest BCUT2D eigenvalue weighted by Crippen LogP contribution is 2.32. The molecule has 1 aliphatic rings. The minimum Gasteiger partial charge on any atom is -0.353 e. The number of hydrogen-bond acceptors (Lipinski definition) is 6. The normalized spacial score (nSPS) is 14.5. The Hall–Kier alpha value is -2.95. The molecule has 30 heavy (non-hydrogen) atoms. The van der Waals surface area contributed by atoms with Crippen molar-refractivity contribution in [2.24, 2.45) is 0 Å². The Morgan fingerprint density at radius 3 is 2.37 bits per heavy atom. The molecule has 1 saturated heterocycles. The van der Waals surface area contributed by atoms with Gasteiger partial charge in [0, 0.05) is 37.5 Å². The van der Waals surface area contributed by atoms with Gasteiger partial charge in [0.25, 0.3) is 0 Å². The van der Waals surface area contributed by atoms with E-state index >= 15 is 0 Å². The van der Waals surface area contributed by atoms with Crippen molar-refractivity contribution in [2.45, 2.75) is 10.9 Å². The molecule has 5 nitrogen and oxygen atoms in total. The number of likely N-dealkylation sites (N-methyl/N-ethyl adjacent to an activating group) is 1. The predicted octanol–water partition coefficient (Wildman–Crippen LogP) is 4.20. The van der Waals surface area contributed by atoms with E-state index in [2.05, 4.69) is 35.0 Å². The molecule has 0 aliphatic carbocycles. The number of anilines is 1. The molecule has 1 fully saturated rings. The molecule has 0 radical (unpaired) electrons. The lowest BCUT2D eigenvalue weighted by atomic mass is 10.1.